The van der Waals surface area contributed by atoms with E-state index in [4.69, 9.17) is 4.98 Å². The van der Waals surface area contributed by atoms with Gasteiger partial charge in [0, 0.05) is 38.7 Å². The standard InChI is InChI=1S/C21H22N4O/c1-15(26)23-21-19(13-16-7-5-4-6-8-16)24-20(14-22-21)17-9-11-18(12-10-17)25(2)3/h4-12,14H,13H2,1-3H3,(H,22,23,26). The molecule has 0 fully saturated rings. The average Bonchev–Trinajstić information content (AvgIpc) is 2.64. The quantitative estimate of drug-likeness (QED) is 0.764. The summed E-state index contributed by atoms with van der Waals surface area (Å²) in [6, 6.07) is 18.2. The molecule has 132 valence electrons. The Bertz CT molecular complexity index is 890. The predicted molar refractivity (Wildman–Crippen MR) is 105 cm³/mol. The molecular formula is C21H22N4O. The normalized spacial score (nSPS) is 10.4. The van der Waals surface area contributed by atoms with Crippen molar-refractivity contribution in [3.63, 3.8) is 0 Å². The molecule has 0 saturated carbocycles. The molecule has 1 aromatic heterocycles. The van der Waals surface area contributed by atoms with Crippen molar-refractivity contribution >= 4 is 17.4 Å². The molecule has 3 aromatic rings. The smallest absolute Gasteiger partial charge is 0.222 e. The first-order valence-corrected chi connectivity index (χ1v) is 8.48. The van der Waals surface area contributed by atoms with Crippen LogP contribution in [0.4, 0.5) is 11.5 Å². The molecule has 5 heteroatoms. The summed E-state index contributed by atoms with van der Waals surface area (Å²) in [6.07, 6.45) is 2.30. The molecule has 0 unspecified atom stereocenters. The summed E-state index contributed by atoms with van der Waals surface area (Å²) in [5, 5.41) is 2.78. The van der Waals surface area contributed by atoms with Gasteiger partial charge in [-0.15, -0.1) is 0 Å². The maximum atomic E-state index is 11.5. The van der Waals surface area contributed by atoms with Crippen LogP contribution in [0, 0.1) is 0 Å². The molecule has 0 spiro atoms. The average molecular weight is 346 g/mol. The lowest BCUT2D eigenvalue weighted by molar-refractivity contribution is -0.114. The van der Waals surface area contributed by atoms with Crippen molar-refractivity contribution in [3.8, 4) is 11.3 Å². The topological polar surface area (TPSA) is 58.1 Å². The Balaban J connectivity index is 1.96. The molecule has 0 bridgehead atoms. The van der Waals surface area contributed by atoms with Gasteiger partial charge in [0.1, 0.15) is 0 Å². The first-order valence-electron chi connectivity index (χ1n) is 8.48. The highest BCUT2D eigenvalue weighted by Gasteiger charge is 2.11. The zero-order chi connectivity index (χ0) is 18.5. The number of aromatic nitrogens is 2. The minimum atomic E-state index is -0.156. The monoisotopic (exact) mass is 346 g/mol. The number of hydrogen-bond acceptors (Lipinski definition) is 4. The van der Waals surface area contributed by atoms with Crippen LogP contribution in [-0.4, -0.2) is 30.0 Å². The highest BCUT2D eigenvalue weighted by Crippen LogP contribution is 2.23. The fraction of sp³-hybridized carbons (Fsp3) is 0.190. The second-order valence-electron chi connectivity index (χ2n) is 6.34. The molecule has 0 radical (unpaired) electrons. The van der Waals surface area contributed by atoms with E-state index in [2.05, 4.69) is 27.3 Å². The second kappa shape index (κ2) is 7.78. The summed E-state index contributed by atoms with van der Waals surface area (Å²) in [5.74, 6) is 0.353. The van der Waals surface area contributed by atoms with Crippen molar-refractivity contribution in [3.05, 3.63) is 72.1 Å². The second-order valence-corrected chi connectivity index (χ2v) is 6.34. The van der Waals surface area contributed by atoms with E-state index < -0.39 is 0 Å². The van der Waals surface area contributed by atoms with Crippen molar-refractivity contribution in [2.45, 2.75) is 13.3 Å². The van der Waals surface area contributed by atoms with E-state index in [1.54, 1.807) is 6.20 Å². The number of nitrogens with zero attached hydrogens (tertiary/aromatic N) is 3. The Labute approximate surface area is 153 Å². The maximum absolute atomic E-state index is 11.5. The molecule has 0 atom stereocenters. The molecule has 0 aliphatic rings. The van der Waals surface area contributed by atoms with Crippen LogP contribution >= 0.6 is 0 Å². The third kappa shape index (κ3) is 4.25. The van der Waals surface area contributed by atoms with Gasteiger partial charge in [0.2, 0.25) is 5.91 Å². The van der Waals surface area contributed by atoms with Crippen molar-refractivity contribution in [2.75, 3.05) is 24.3 Å². The molecule has 2 aromatic carbocycles. The van der Waals surface area contributed by atoms with E-state index >= 15 is 0 Å². The Morgan fingerprint density at radius 1 is 1.04 bits per heavy atom. The van der Waals surface area contributed by atoms with Gasteiger partial charge in [0.05, 0.1) is 17.6 Å². The van der Waals surface area contributed by atoms with Crippen LogP contribution in [0.1, 0.15) is 18.2 Å². The summed E-state index contributed by atoms with van der Waals surface area (Å²) in [7, 11) is 4.02. The maximum Gasteiger partial charge on any atom is 0.222 e. The molecule has 1 N–H and O–H groups in total. The lowest BCUT2D eigenvalue weighted by Crippen LogP contribution is -2.12. The minimum absolute atomic E-state index is 0.156. The number of benzene rings is 2. The summed E-state index contributed by atoms with van der Waals surface area (Å²) in [4.78, 5) is 22.8. The van der Waals surface area contributed by atoms with E-state index in [1.807, 2.05) is 56.6 Å². The van der Waals surface area contributed by atoms with E-state index in [0.29, 0.717) is 12.2 Å². The highest BCUT2D eigenvalue weighted by atomic mass is 16.1. The first-order chi connectivity index (χ1) is 12.5. The van der Waals surface area contributed by atoms with Gasteiger partial charge in [0.15, 0.2) is 5.82 Å². The Kier molecular flexibility index (Phi) is 5.27. The zero-order valence-electron chi connectivity index (χ0n) is 15.2. The highest BCUT2D eigenvalue weighted by molar-refractivity contribution is 5.88. The largest absolute Gasteiger partial charge is 0.378 e. The Morgan fingerprint density at radius 3 is 2.35 bits per heavy atom. The van der Waals surface area contributed by atoms with Crippen LogP contribution in [0.15, 0.2) is 60.8 Å². The number of carbonyl (C=O) groups is 1. The Hall–Kier alpha value is -3.21. The fourth-order valence-corrected chi connectivity index (χ4v) is 2.68. The lowest BCUT2D eigenvalue weighted by Gasteiger charge is -2.13. The molecule has 5 nitrogen and oxygen atoms in total. The summed E-state index contributed by atoms with van der Waals surface area (Å²) < 4.78 is 0. The van der Waals surface area contributed by atoms with Crippen LogP contribution < -0.4 is 10.2 Å². The van der Waals surface area contributed by atoms with Gasteiger partial charge >= 0.3 is 0 Å². The number of nitrogens with one attached hydrogen (secondary N) is 1. The van der Waals surface area contributed by atoms with Crippen molar-refractivity contribution in [2.24, 2.45) is 0 Å². The van der Waals surface area contributed by atoms with Crippen LogP contribution in [0.2, 0.25) is 0 Å². The van der Waals surface area contributed by atoms with Crippen LogP contribution in [0.25, 0.3) is 11.3 Å². The van der Waals surface area contributed by atoms with Gasteiger partial charge in [-0.05, 0) is 17.7 Å². The fourth-order valence-electron chi connectivity index (χ4n) is 2.68. The molecule has 0 aliphatic heterocycles. The number of anilines is 2. The third-order valence-electron chi connectivity index (χ3n) is 4.03. The van der Waals surface area contributed by atoms with Crippen molar-refractivity contribution in [1.29, 1.82) is 0 Å². The minimum Gasteiger partial charge on any atom is -0.378 e. The molecule has 1 heterocycles. The SMILES string of the molecule is CC(=O)Nc1ncc(-c2ccc(N(C)C)cc2)nc1Cc1ccccc1. The number of rotatable bonds is 5. The van der Waals surface area contributed by atoms with Crippen LogP contribution in [-0.2, 0) is 11.2 Å². The molecule has 0 saturated heterocycles. The molecule has 1 amide bonds. The predicted octanol–water partition coefficient (Wildman–Crippen LogP) is 3.76. The zero-order valence-corrected chi connectivity index (χ0v) is 15.2. The molecule has 0 aliphatic carbocycles. The van der Waals surface area contributed by atoms with E-state index in [1.165, 1.54) is 6.92 Å². The van der Waals surface area contributed by atoms with Gasteiger partial charge in [-0.1, -0.05) is 42.5 Å². The molecule has 26 heavy (non-hydrogen) atoms. The number of carbonyl (C=O) groups excluding carboxylic acids is 1. The van der Waals surface area contributed by atoms with Gasteiger partial charge < -0.3 is 10.2 Å². The number of hydrogen-bond donors (Lipinski definition) is 1. The van der Waals surface area contributed by atoms with E-state index in [-0.39, 0.29) is 5.91 Å². The molecular weight excluding hydrogens is 324 g/mol. The third-order valence-corrected chi connectivity index (χ3v) is 4.03. The van der Waals surface area contributed by atoms with Gasteiger partial charge in [0.25, 0.3) is 0 Å². The summed E-state index contributed by atoms with van der Waals surface area (Å²) in [6.45, 7) is 1.47. The summed E-state index contributed by atoms with van der Waals surface area (Å²) >= 11 is 0. The van der Waals surface area contributed by atoms with Crippen LogP contribution in [0.5, 0.6) is 0 Å². The van der Waals surface area contributed by atoms with Crippen LogP contribution in [0.3, 0.4) is 0 Å². The van der Waals surface area contributed by atoms with Crippen molar-refractivity contribution < 1.29 is 4.79 Å². The molecule has 3 rings (SSSR count). The van der Waals surface area contributed by atoms with E-state index in [9.17, 15) is 4.79 Å². The van der Waals surface area contributed by atoms with Gasteiger partial charge in [-0.2, -0.15) is 0 Å². The first kappa shape index (κ1) is 17.6. The summed E-state index contributed by atoms with van der Waals surface area (Å²) in [5.41, 5.74) is 4.78. The van der Waals surface area contributed by atoms with Gasteiger partial charge in [-0.25, -0.2) is 9.97 Å². The Morgan fingerprint density at radius 2 is 1.73 bits per heavy atom. The van der Waals surface area contributed by atoms with Crippen molar-refractivity contribution in [1.82, 2.24) is 9.97 Å². The lowest BCUT2D eigenvalue weighted by atomic mass is 10.1. The number of amides is 1. The van der Waals surface area contributed by atoms with Gasteiger partial charge in [-0.3, -0.25) is 4.79 Å². The van der Waals surface area contributed by atoms with E-state index in [0.717, 1.165) is 28.2 Å².